The van der Waals surface area contributed by atoms with E-state index >= 15 is 0 Å². The highest BCUT2D eigenvalue weighted by Gasteiger charge is 2.25. The molecule has 1 fully saturated rings. The number of halogens is 1. The van der Waals surface area contributed by atoms with E-state index in [4.69, 9.17) is 17.3 Å². The summed E-state index contributed by atoms with van der Waals surface area (Å²) in [4.78, 5) is 25.4. The second-order valence-electron chi connectivity index (χ2n) is 7.45. The molecule has 0 atom stereocenters. The average molecular weight is 432 g/mol. The first-order valence-corrected chi connectivity index (χ1v) is 10.4. The van der Waals surface area contributed by atoms with E-state index in [1.807, 2.05) is 30.3 Å². The summed E-state index contributed by atoms with van der Waals surface area (Å²) in [7, 11) is 0. The topological polar surface area (TPSA) is 84.2 Å². The van der Waals surface area contributed by atoms with Crippen molar-refractivity contribution in [2.45, 2.75) is 18.9 Å². The second-order valence-corrected chi connectivity index (χ2v) is 7.86. The minimum absolute atomic E-state index is 0.156. The van der Waals surface area contributed by atoms with Gasteiger partial charge in [0.25, 0.3) is 11.8 Å². The van der Waals surface area contributed by atoms with Gasteiger partial charge in [0.2, 0.25) is 0 Å². The molecule has 0 aliphatic heterocycles. The number of amides is 2. The number of nitrogens with one attached hydrogen (secondary N) is 2. The maximum atomic E-state index is 12.8. The Morgan fingerprint density at radius 1 is 0.935 bits per heavy atom. The van der Waals surface area contributed by atoms with Gasteiger partial charge in [-0.3, -0.25) is 9.59 Å². The fraction of sp³-hybridized carbons (Fsp3) is 0.120. The van der Waals surface area contributed by atoms with Crippen LogP contribution in [0, 0.1) is 0 Å². The number of benzene rings is 3. The number of nitrogens with two attached hydrogens (primary N) is 1. The fourth-order valence-electron chi connectivity index (χ4n) is 3.14. The number of carbonyl (C=O) groups is 2. The SMILES string of the molecule is Nc1ccccc1NC(=O)c1ccc(/C=C(\C(=O)NC2CC2)c2ccccc2Cl)cc1. The van der Waals surface area contributed by atoms with Crippen LogP contribution in [0.2, 0.25) is 5.02 Å². The van der Waals surface area contributed by atoms with Crippen LogP contribution in [-0.2, 0) is 4.79 Å². The van der Waals surface area contributed by atoms with Crippen molar-refractivity contribution in [3.63, 3.8) is 0 Å². The van der Waals surface area contributed by atoms with Gasteiger partial charge < -0.3 is 16.4 Å². The van der Waals surface area contributed by atoms with Crippen molar-refractivity contribution < 1.29 is 9.59 Å². The second kappa shape index (κ2) is 9.06. The van der Waals surface area contributed by atoms with Crippen molar-refractivity contribution in [2.24, 2.45) is 0 Å². The molecule has 156 valence electrons. The van der Waals surface area contributed by atoms with Crippen molar-refractivity contribution in [3.05, 3.63) is 94.5 Å². The van der Waals surface area contributed by atoms with Gasteiger partial charge in [-0.25, -0.2) is 0 Å². The zero-order valence-corrected chi connectivity index (χ0v) is 17.5. The molecular weight excluding hydrogens is 410 g/mol. The summed E-state index contributed by atoms with van der Waals surface area (Å²) in [5.41, 5.74) is 9.39. The van der Waals surface area contributed by atoms with Crippen LogP contribution in [0.4, 0.5) is 11.4 Å². The van der Waals surface area contributed by atoms with E-state index in [2.05, 4.69) is 10.6 Å². The van der Waals surface area contributed by atoms with Gasteiger partial charge in [0.15, 0.2) is 0 Å². The highest BCUT2D eigenvalue weighted by Crippen LogP contribution is 2.28. The molecule has 5 nitrogen and oxygen atoms in total. The summed E-state index contributed by atoms with van der Waals surface area (Å²) in [5, 5.41) is 6.34. The molecular formula is C25H22ClN3O2. The van der Waals surface area contributed by atoms with E-state index in [1.165, 1.54) is 0 Å². The normalized spacial score (nSPS) is 13.5. The van der Waals surface area contributed by atoms with Crippen LogP contribution in [-0.4, -0.2) is 17.9 Å². The molecule has 3 aromatic rings. The maximum absolute atomic E-state index is 12.8. The van der Waals surface area contributed by atoms with Crippen molar-refractivity contribution in [2.75, 3.05) is 11.1 Å². The van der Waals surface area contributed by atoms with Crippen molar-refractivity contribution in [3.8, 4) is 0 Å². The Labute approximate surface area is 185 Å². The Bertz CT molecular complexity index is 1150. The smallest absolute Gasteiger partial charge is 0.255 e. The van der Waals surface area contributed by atoms with E-state index in [1.54, 1.807) is 48.5 Å². The summed E-state index contributed by atoms with van der Waals surface area (Å²) in [6.07, 6.45) is 3.78. The molecule has 4 N–H and O–H groups in total. The lowest BCUT2D eigenvalue weighted by Gasteiger charge is -2.11. The molecule has 0 bridgehead atoms. The van der Waals surface area contributed by atoms with E-state index in [0.717, 1.165) is 18.4 Å². The quantitative estimate of drug-likeness (QED) is 0.292. The monoisotopic (exact) mass is 431 g/mol. The van der Waals surface area contributed by atoms with Crippen LogP contribution >= 0.6 is 11.6 Å². The average Bonchev–Trinajstić information content (AvgIpc) is 3.58. The van der Waals surface area contributed by atoms with Gasteiger partial charge in [0, 0.05) is 27.8 Å². The third-order valence-electron chi connectivity index (χ3n) is 5.01. The minimum atomic E-state index is -0.258. The molecule has 3 aromatic carbocycles. The summed E-state index contributed by atoms with van der Waals surface area (Å²) < 4.78 is 0. The molecule has 31 heavy (non-hydrogen) atoms. The zero-order valence-electron chi connectivity index (χ0n) is 16.8. The molecule has 0 aromatic heterocycles. The Balaban J connectivity index is 1.58. The van der Waals surface area contributed by atoms with Crippen LogP contribution < -0.4 is 16.4 Å². The van der Waals surface area contributed by atoms with Crippen molar-refractivity contribution >= 4 is 46.4 Å². The molecule has 0 radical (unpaired) electrons. The van der Waals surface area contributed by atoms with E-state index in [-0.39, 0.29) is 17.9 Å². The van der Waals surface area contributed by atoms with Gasteiger partial charge >= 0.3 is 0 Å². The fourth-order valence-corrected chi connectivity index (χ4v) is 3.38. The largest absolute Gasteiger partial charge is 0.397 e. The predicted molar refractivity (Wildman–Crippen MR) is 126 cm³/mol. The Morgan fingerprint density at radius 3 is 2.29 bits per heavy atom. The Kier molecular flexibility index (Phi) is 6.05. The van der Waals surface area contributed by atoms with E-state index in [0.29, 0.717) is 33.1 Å². The number of hydrogen-bond acceptors (Lipinski definition) is 3. The molecule has 2 amide bonds. The number of rotatable bonds is 6. The first-order valence-electron chi connectivity index (χ1n) is 10.0. The van der Waals surface area contributed by atoms with E-state index < -0.39 is 0 Å². The van der Waals surface area contributed by atoms with Crippen LogP contribution in [0.1, 0.15) is 34.3 Å². The zero-order chi connectivity index (χ0) is 21.8. The Hall–Kier alpha value is -3.57. The van der Waals surface area contributed by atoms with Crippen LogP contribution in [0.3, 0.4) is 0 Å². The number of nitrogen functional groups attached to an aromatic ring is 1. The van der Waals surface area contributed by atoms with Crippen molar-refractivity contribution in [1.29, 1.82) is 0 Å². The number of carbonyl (C=O) groups excluding carboxylic acids is 2. The highest BCUT2D eigenvalue weighted by molar-refractivity contribution is 6.36. The van der Waals surface area contributed by atoms with Gasteiger partial charge in [0.05, 0.1) is 11.4 Å². The van der Waals surface area contributed by atoms with Crippen LogP contribution in [0.5, 0.6) is 0 Å². The van der Waals surface area contributed by atoms with Gasteiger partial charge in [-0.2, -0.15) is 0 Å². The summed E-state index contributed by atoms with van der Waals surface area (Å²) >= 11 is 6.35. The summed E-state index contributed by atoms with van der Waals surface area (Å²) in [6.45, 7) is 0. The number of anilines is 2. The molecule has 0 unspecified atom stereocenters. The lowest BCUT2D eigenvalue weighted by Crippen LogP contribution is -2.26. The molecule has 1 saturated carbocycles. The molecule has 0 heterocycles. The number of para-hydroxylation sites is 2. The minimum Gasteiger partial charge on any atom is -0.397 e. The standard InChI is InChI=1S/C25H22ClN3O2/c26-21-6-2-1-5-19(21)20(25(31)28-18-13-14-18)15-16-9-11-17(12-10-16)24(30)29-23-8-4-3-7-22(23)27/h1-12,15,18H,13-14,27H2,(H,28,31)(H,29,30)/b20-15-. The predicted octanol–water partition coefficient (Wildman–Crippen LogP) is 4.99. The van der Waals surface area contributed by atoms with Crippen molar-refractivity contribution in [1.82, 2.24) is 5.32 Å². The van der Waals surface area contributed by atoms with Crippen LogP contribution in [0.25, 0.3) is 11.6 Å². The first kappa shape index (κ1) is 20.7. The molecule has 4 rings (SSSR count). The summed E-state index contributed by atoms with van der Waals surface area (Å²) in [5.74, 6) is -0.414. The lowest BCUT2D eigenvalue weighted by atomic mass is 10.0. The Morgan fingerprint density at radius 2 is 1.61 bits per heavy atom. The van der Waals surface area contributed by atoms with E-state index in [9.17, 15) is 9.59 Å². The highest BCUT2D eigenvalue weighted by atomic mass is 35.5. The third kappa shape index (κ3) is 5.13. The third-order valence-corrected chi connectivity index (χ3v) is 5.34. The molecule has 1 aliphatic rings. The first-order chi connectivity index (χ1) is 15.0. The molecule has 0 saturated heterocycles. The van der Waals surface area contributed by atoms with Gasteiger partial charge in [0.1, 0.15) is 0 Å². The molecule has 0 spiro atoms. The summed E-state index contributed by atoms with van der Waals surface area (Å²) in [6, 6.07) is 21.6. The van der Waals surface area contributed by atoms with Crippen LogP contribution in [0.15, 0.2) is 72.8 Å². The molecule has 1 aliphatic carbocycles. The maximum Gasteiger partial charge on any atom is 0.255 e. The number of hydrogen-bond donors (Lipinski definition) is 3. The lowest BCUT2D eigenvalue weighted by molar-refractivity contribution is -0.115. The molecule has 6 heteroatoms. The van der Waals surface area contributed by atoms with Gasteiger partial charge in [-0.1, -0.05) is 54.1 Å². The van der Waals surface area contributed by atoms with Gasteiger partial charge in [-0.15, -0.1) is 0 Å². The van der Waals surface area contributed by atoms with Gasteiger partial charge in [-0.05, 0) is 54.8 Å².